The Morgan fingerprint density at radius 1 is 0.967 bits per heavy atom. The average Bonchev–Trinajstić information content (AvgIpc) is 2.72. The van der Waals surface area contributed by atoms with Gasteiger partial charge in [0.05, 0.1) is 16.3 Å². The van der Waals surface area contributed by atoms with Gasteiger partial charge in [-0.2, -0.15) is 5.10 Å². The molecule has 0 saturated heterocycles. The first-order valence-corrected chi connectivity index (χ1v) is 10.9. The predicted molar refractivity (Wildman–Crippen MR) is 125 cm³/mol. The van der Waals surface area contributed by atoms with E-state index in [1.165, 1.54) is 25.3 Å². The smallest absolute Gasteiger partial charge is 0.257 e. The number of carbonyl (C=O) groups excluding carboxylic acids is 2. The number of benzene rings is 2. The van der Waals surface area contributed by atoms with Crippen molar-refractivity contribution in [3.63, 3.8) is 0 Å². The molecule has 2 aromatic rings. The number of carbonyl (C=O) groups is 2. The number of amides is 2. The van der Waals surface area contributed by atoms with Gasteiger partial charge in [-0.05, 0) is 49.2 Å². The van der Waals surface area contributed by atoms with E-state index in [0.29, 0.717) is 33.4 Å². The Bertz CT molecular complexity index is 896. The minimum absolute atomic E-state index is 0.0745. The van der Waals surface area contributed by atoms with Crippen LogP contribution < -0.4 is 10.7 Å². The summed E-state index contributed by atoms with van der Waals surface area (Å²) < 4.78 is 0. The van der Waals surface area contributed by atoms with Crippen molar-refractivity contribution in [2.45, 2.75) is 52.4 Å². The van der Waals surface area contributed by atoms with E-state index in [1.54, 1.807) is 24.3 Å². The molecule has 30 heavy (non-hydrogen) atoms. The molecule has 0 spiro atoms. The number of hydrogen-bond acceptors (Lipinski definition) is 3. The van der Waals surface area contributed by atoms with Gasteiger partial charge >= 0.3 is 0 Å². The monoisotopic (exact) mass is 447 g/mol. The summed E-state index contributed by atoms with van der Waals surface area (Å²) in [4.78, 5) is 24.3. The molecule has 0 aliphatic heterocycles. The molecule has 0 heterocycles. The first-order chi connectivity index (χ1) is 14.4. The topological polar surface area (TPSA) is 70.6 Å². The molecule has 0 aromatic heterocycles. The Kier molecular flexibility index (Phi) is 9.84. The van der Waals surface area contributed by atoms with Crippen LogP contribution in [0.1, 0.15) is 68.3 Å². The van der Waals surface area contributed by atoms with Crippen molar-refractivity contribution in [1.82, 2.24) is 5.43 Å². The molecular formula is C23H27Cl2N3O2. The Morgan fingerprint density at radius 2 is 1.67 bits per heavy atom. The SMILES string of the molecule is CCCCCCCC(=O)N/N=C(/C)c1ccc(NC(=O)c2ccc(Cl)cc2Cl)cc1. The molecule has 0 saturated carbocycles. The van der Waals surface area contributed by atoms with Crippen molar-refractivity contribution in [1.29, 1.82) is 0 Å². The third-order valence-electron chi connectivity index (χ3n) is 4.59. The number of nitrogens with one attached hydrogen (secondary N) is 2. The maximum absolute atomic E-state index is 12.4. The van der Waals surface area contributed by atoms with Crippen molar-refractivity contribution in [3.8, 4) is 0 Å². The summed E-state index contributed by atoms with van der Waals surface area (Å²) >= 11 is 11.9. The zero-order valence-corrected chi connectivity index (χ0v) is 18.8. The second-order valence-electron chi connectivity index (χ2n) is 7.05. The van der Waals surface area contributed by atoms with Crippen molar-refractivity contribution < 1.29 is 9.59 Å². The van der Waals surface area contributed by atoms with Gasteiger partial charge in [-0.3, -0.25) is 9.59 Å². The van der Waals surface area contributed by atoms with Gasteiger partial charge in [0.15, 0.2) is 0 Å². The van der Waals surface area contributed by atoms with Crippen molar-refractivity contribution in [3.05, 3.63) is 63.6 Å². The lowest BCUT2D eigenvalue weighted by Crippen LogP contribution is -2.18. The minimum Gasteiger partial charge on any atom is -0.322 e. The van der Waals surface area contributed by atoms with Gasteiger partial charge in [-0.1, -0.05) is 67.9 Å². The van der Waals surface area contributed by atoms with Crippen LogP contribution in [0.2, 0.25) is 10.0 Å². The molecule has 0 aliphatic rings. The molecule has 7 heteroatoms. The first-order valence-electron chi connectivity index (χ1n) is 10.1. The molecule has 0 bridgehead atoms. The van der Waals surface area contributed by atoms with Crippen molar-refractivity contribution >= 4 is 46.4 Å². The van der Waals surface area contributed by atoms with Crippen LogP contribution >= 0.6 is 23.2 Å². The van der Waals surface area contributed by atoms with Crippen LogP contribution in [0.25, 0.3) is 0 Å². The number of hydrazone groups is 1. The Hall–Kier alpha value is -2.37. The predicted octanol–water partition coefficient (Wildman–Crippen LogP) is 6.45. The highest BCUT2D eigenvalue weighted by Gasteiger charge is 2.11. The first kappa shape index (κ1) is 23.9. The molecule has 2 amide bonds. The van der Waals surface area contributed by atoms with E-state index in [-0.39, 0.29) is 11.8 Å². The fraction of sp³-hybridized carbons (Fsp3) is 0.348. The van der Waals surface area contributed by atoms with Gasteiger partial charge in [-0.15, -0.1) is 0 Å². The van der Waals surface area contributed by atoms with Gasteiger partial charge in [0.25, 0.3) is 5.91 Å². The van der Waals surface area contributed by atoms with Crippen LogP contribution in [0.4, 0.5) is 5.69 Å². The highest BCUT2D eigenvalue weighted by molar-refractivity contribution is 6.37. The second-order valence-corrected chi connectivity index (χ2v) is 7.90. The third-order valence-corrected chi connectivity index (χ3v) is 5.14. The van der Waals surface area contributed by atoms with Gasteiger partial charge in [0, 0.05) is 17.1 Å². The van der Waals surface area contributed by atoms with Crippen LogP contribution in [-0.2, 0) is 4.79 Å². The van der Waals surface area contributed by atoms with Crippen LogP contribution in [0.3, 0.4) is 0 Å². The summed E-state index contributed by atoms with van der Waals surface area (Å²) in [7, 11) is 0. The average molecular weight is 448 g/mol. The number of rotatable bonds is 10. The lowest BCUT2D eigenvalue weighted by molar-refractivity contribution is -0.121. The van der Waals surface area contributed by atoms with Crippen LogP contribution in [0.15, 0.2) is 47.6 Å². The number of hydrogen-bond donors (Lipinski definition) is 2. The molecule has 2 N–H and O–H groups in total. The molecule has 0 radical (unpaired) electrons. The van der Waals surface area contributed by atoms with Crippen LogP contribution in [0.5, 0.6) is 0 Å². The number of unbranched alkanes of at least 4 members (excludes halogenated alkanes) is 4. The molecule has 0 atom stereocenters. The summed E-state index contributed by atoms with van der Waals surface area (Å²) in [6, 6.07) is 11.9. The number of anilines is 1. The van der Waals surface area contributed by atoms with E-state index >= 15 is 0 Å². The minimum atomic E-state index is -0.319. The van der Waals surface area contributed by atoms with E-state index in [1.807, 2.05) is 19.1 Å². The highest BCUT2D eigenvalue weighted by Crippen LogP contribution is 2.22. The largest absolute Gasteiger partial charge is 0.322 e. The molecule has 2 aromatic carbocycles. The zero-order chi connectivity index (χ0) is 21.9. The normalized spacial score (nSPS) is 11.3. The molecule has 0 fully saturated rings. The number of nitrogens with zero attached hydrogens (tertiary/aromatic N) is 1. The van der Waals surface area contributed by atoms with E-state index in [0.717, 1.165) is 18.4 Å². The van der Waals surface area contributed by atoms with E-state index in [4.69, 9.17) is 23.2 Å². The maximum atomic E-state index is 12.4. The Morgan fingerprint density at radius 3 is 2.33 bits per heavy atom. The summed E-state index contributed by atoms with van der Waals surface area (Å²) in [5.74, 6) is -0.393. The maximum Gasteiger partial charge on any atom is 0.257 e. The Balaban J connectivity index is 1.87. The highest BCUT2D eigenvalue weighted by atomic mass is 35.5. The lowest BCUT2D eigenvalue weighted by Gasteiger charge is -2.08. The fourth-order valence-electron chi connectivity index (χ4n) is 2.82. The van der Waals surface area contributed by atoms with Gasteiger partial charge in [-0.25, -0.2) is 5.43 Å². The van der Waals surface area contributed by atoms with Crippen molar-refractivity contribution in [2.75, 3.05) is 5.32 Å². The van der Waals surface area contributed by atoms with Crippen molar-refractivity contribution in [2.24, 2.45) is 5.10 Å². The van der Waals surface area contributed by atoms with Gasteiger partial charge in [0.2, 0.25) is 5.91 Å². The standard InChI is InChI=1S/C23H27Cl2N3O2/c1-3-4-5-6-7-8-22(29)28-27-16(2)17-9-12-19(13-10-17)26-23(30)20-14-11-18(24)15-21(20)25/h9-15H,3-8H2,1-2H3,(H,26,30)(H,28,29)/b27-16-. The molecule has 160 valence electrons. The number of halogens is 2. The zero-order valence-electron chi connectivity index (χ0n) is 17.3. The van der Waals surface area contributed by atoms with E-state index in [9.17, 15) is 9.59 Å². The lowest BCUT2D eigenvalue weighted by atomic mass is 10.1. The van der Waals surface area contributed by atoms with Gasteiger partial charge < -0.3 is 5.32 Å². The summed E-state index contributed by atoms with van der Waals surface area (Å²) in [5.41, 5.74) is 5.11. The summed E-state index contributed by atoms with van der Waals surface area (Å²) in [6.45, 7) is 3.99. The second kappa shape index (κ2) is 12.4. The quantitative estimate of drug-likeness (QED) is 0.249. The molecule has 2 rings (SSSR count). The summed E-state index contributed by atoms with van der Waals surface area (Å²) in [5, 5.41) is 7.73. The molecule has 0 aliphatic carbocycles. The Labute approximate surface area is 187 Å². The molecule has 0 unspecified atom stereocenters. The summed E-state index contributed by atoms with van der Waals surface area (Å²) in [6.07, 6.45) is 6.00. The van der Waals surface area contributed by atoms with Crippen LogP contribution in [-0.4, -0.2) is 17.5 Å². The van der Waals surface area contributed by atoms with Crippen LogP contribution in [0, 0.1) is 0 Å². The van der Waals surface area contributed by atoms with Gasteiger partial charge in [0.1, 0.15) is 0 Å². The molecular weight excluding hydrogens is 421 g/mol. The third kappa shape index (κ3) is 7.81. The van der Waals surface area contributed by atoms with E-state index in [2.05, 4.69) is 22.8 Å². The molecule has 5 nitrogen and oxygen atoms in total. The van der Waals surface area contributed by atoms with E-state index < -0.39 is 0 Å². The fourth-order valence-corrected chi connectivity index (χ4v) is 3.32.